The fourth-order valence-corrected chi connectivity index (χ4v) is 1.99. The molecular weight excluding hydrogens is 391 g/mol. The molecule has 0 rings (SSSR count). The van der Waals surface area contributed by atoms with Crippen molar-refractivity contribution >= 4 is 35.8 Å². The summed E-state index contributed by atoms with van der Waals surface area (Å²) in [4.78, 5) is 17.9. The number of hydrogen-bond acceptors (Lipinski definition) is 2. The summed E-state index contributed by atoms with van der Waals surface area (Å²) in [5, 5.41) is 6.10. The SMILES string of the molecule is C=CCCCCCN(C)C(=NC)NCCC(=O)NC(C)C.I. The van der Waals surface area contributed by atoms with Gasteiger partial charge in [-0.2, -0.15) is 0 Å². The molecular formula is C16H33IN4O. The van der Waals surface area contributed by atoms with Crippen LogP contribution < -0.4 is 10.6 Å². The van der Waals surface area contributed by atoms with Crippen LogP contribution in [-0.2, 0) is 4.79 Å². The molecule has 0 heterocycles. The topological polar surface area (TPSA) is 56.7 Å². The van der Waals surface area contributed by atoms with E-state index in [0.717, 1.165) is 25.3 Å². The van der Waals surface area contributed by atoms with Crippen LogP contribution in [0.4, 0.5) is 0 Å². The van der Waals surface area contributed by atoms with Gasteiger partial charge in [0.1, 0.15) is 0 Å². The lowest BCUT2D eigenvalue weighted by Gasteiger charge is -2.22. The van der Waals surface area contributed by atoms with Crippen molar-refractivity contribution in [2.24, 2.45) is 4.99 Å². The van der Waals surface area contributed by atoms with Gasteiger partial charge in [0.15, 0.2) is 5.96 Å². The molecule has 0 aromatic heterocycles. The summed E-state index contributed by atoms with van der Waals surface area (Å²) in [6, 6.07) is 0.190. The van der Waals surface area contributed by atoms with Crippen LogP contribution >= 0.6 is 24.0 Å². The Bertz CT molecular complexity index is 332. The van der Waals surface area contributed by atoms with E-state index in [1.165, 1.54) is 12.8 Å². The van der Waals surface area contributed by atoms with Gasteiger partial charge in [0, 0.05) is 39.6 Å². The average Bonchev–Trinajstić information content (AvgIpc) is 2.42. The third-order valence-electron chi connectivity index (χ3n) is 3.06. The van der Waals surface area contributed by atoms with Crippen molar-refractivity contribution in [1.29, 1.82) is 0 Å². The standard InChI is InChI=1S/C16H32N4O.HI/c1-6-7-8-9-10-13-20(5)16(17-4)18-12-11-15(21)19-14(2)3;/h6,14H,1,7-13H2,2-5H3,(H,17,18)(H,19,21);1H. The van der Waals surface area contributed by atoms with E-state index < -0.39 is 0 Å². The van der Waals surface area contributed by atoms with Crippen LogP contribution in [0.3, 0.4) is 0 Å². The molecule has 0 saturated carbocycles. The number of amides is 1. The maximum atomic E-state index is 11.6. The Hall–Kier alpha value is -0.790. The van der Waals surface area contributed by atoms with Crippen LogP contribution in [0.2, 0.25) is 0 Å². The molecule has 6 heteroatoms. The van der Waals surface area contributed by atoms with Gasteiger partial charge >= 0.3 is 0 Å². The molecule has 0 fully saturated rings. The molecule has 5 nitrogen and oxygen atoms in total. The molecule has 0 bridgehead atoms. The van der Waals surface area contributed by atoms with E-state index in [-0.39, 0.29) is 35.9 Å². The summed E-state index contributed by atoms with van der Waals surface area (Å²) < 4.78 is 0. The number of aliphatic imine (C=N–C) groups is 1. The smallest absolute Gasteiger partial charge is 0.221 e. The van der Waals surface area contributed by atoms with Gasteiger partial charge in [-0.1, -0.05) is 12.5 Å². The first-order valence-electron chi connectivity index (χ1n) is 7.83. The zero-order valence-electron chi connectivity index (χ0n) is 14.5. The Morgan fingerprint density at radius 1 is 1.32 bits per heavy atom. The summed E-state index contributed by atoms with van der Waals surface area (Å²) in [6.07, 6.45) is 7.04. The van der Waals surface area contributed by atoms with Crippen molar-refractivity contribution < 1.29 is 4.79 Å². The minimum absolute atomic E-state index is 0. The van der Waals surface area contributed by atoms with Crippen LogP contribution in [0.15, 0.2) is 17.6 Å². The predicted octanol–water partition coefficient (Wildman–Crippen LogP) is 2.77. The number of rotatable bonds is 10. The van der Waals surface area contributed by atoms with Gasteiger partial charge in [-0.3, -0.25) is 9.79 Å². The summed E-state index contributed by atoms with van der Waals surface area (Å²) in [7, 11) is 3.79. The molecule has 0 aliphatic heterocycles. The third-order valence-corrected chi connectivity index (χ3v) is 3.06. The molecule has 0 aromatic rings. The Morgan fingerprint density at radius 3 is 2.55 bits per heavy atom. The highest BCUT2D eigenvalue weighted by atomic mass is 127. The van der Waals surface area contributed by atoms with Gasteiger partial charge in [0.2, 0.25) is 5.91 Å². The lowest BCUT2D eigenvalue weighted by Crippen LogP contribution is -2.41. The van der Waals surface area contributed by atoms with Crippen molar-refractivity contribution in [2.75, 3.05) is 27.2 Å². The van der Waals surface area contributed by atoms with Gasteiger partial charge in [-0.25, -0.2) is 0 Å². The third kappa shape index (κ3) is 12.9. The maximum absolute atomic E-state index is 11.6. The Balaban J connectivity index is 0. The quantitative estimate of drug-likeness (QED) is 0.187. The monoisotopic (exact) mass is 424 g/mol. The van der Waals surface area contributed by atoms with E-state index in [0.29, 0.717) is 13.0 Å². The number of carbonyl (C=O) groups is 1. The first-order chi connectivity index (χ1) is 10.0. The molecule has 1 amide bonds. The summed E-state index contributed by atoms with van der Waals surface area (Å²) in [5.74, 6) is 0.913. The second-order valence-corrected chi connectivity index (χ2v) is 5.51. The molecule has 2 N–H and O–H groups in total. The summed E-state index contributed by atoms with van der Waals surface area (Å²) in [5.41, 5.74) is 0. The van der Waals surface area contributed by atoms with E-state index in [4.69, 9.17) is 0 Å². The summed E-state index contributed by atoms with van der Waals surface area (Å²) in [6.45, 7) is 9.22. The minimum atomic E-state index is 0. The van der Waals surface area contributed by atoms with Crippen molar-refractivity contribution in [3.8, 4) is 0 Å². The van der Waals surface area contributed by atoms with Gasteiger partial charge in [-0.05, 0) is 33.1 Å². The number of carbonyl (C=O) groups excluding carboxylic acids is 1. The number of nitrogens with one attached hydrogen (secondary N) is 2. The number of hydrogen-bond donors (Lipinski definition) is 2. The average molecular weight is 424 g/mol. The van der Waals surface area contributed by atoms with Gasteiger partial charge in [0.05, 0.1) is 0 Å². The molecule has 0 spiro atoms. The molecule has 0 radical (unpaired) electrons. The zero-order valence-corrected chi connectivity index (χ0v) is 16.9. The van der Waals surface area contributed by atoms with Gasteiger partial charge < -0.3 is 15.5 Å². The zero-order chi connectivity index (χ0) is 16.1. The fourth-order valence-electron chi connectivity index (χ4n) is 1.99. The first-order valence-corrected chi connectivity index (χ1v) is 7.83. The molecule has 0 aliphatic carbocycles. The van der Waals surface area contributed by atoms with Crippen molar-refractivity contribution in [2.45, 2.75) is 52.0 Å². The number of unbranched alkanes of at least 4 members (excludes halogenated alkanes) is 3. The Morgan fingerprint density at radius 2 is 2.00 bits per heavy atom. The number of allylic oxidation sites excluding steroid dienone is 1. The second-order valence-electron chi connectivity index (χ2n) is 5.51. The van der Waals surface area contributed by atoms with Gasteiger partial charge in [-0.15, -0.1) is 30.6 Å². The van der Waals surface area contributed by atoms with Gasteiger partial charge in [0.25, 0.3) is 0 Å². The number of nitrogens with zero attached hydrogens (tertiary/aromatic N) is 2. The fraction of sp³-hybridized carbons (Fsp3) is 0.750. The van der Waals surface area contributed by atoms with E-state index in [1.807, 2.05) is 27.0 Å². The second kappa shape index (κ2) is 15.1. The minimum Gasteiger partial charge on any atom is -0.356 e. The molecule has 0 saturated heterocycles. The molecule has 0 unspecified atom stereocenters. The lowest BCUT2D eigenvalue weighted by molar-refractivity contribution is -0.121. The molecule has 0 atom stereocenters. The van der Waals surface area contributed by atoms with Crippen molar-refractivity contribution in [1.82, 2.24) is 15.5 Å². The molecule has 22 heavy (non-hydrogen) atoms. The highest BCUT2D eigenvalue weighted by Crippen LogP contribution is 2.01. The van der Waals surface area contributed by atoms with Crippen LogP contribution in [-0.4, -0.2) is 50.0 Å². The lowest BCUT2D eigenvalue weighted by atomic mass is 10.2. The molecule has 0 aromatic carbocycles. The number of guanidine groups is 1. The maximum Gasteiger partial charge on any atom is 0.221 e. The van der Waals surface area contributed by atoms with E-state index >= 15 is 0 Å². The Labute approximate surface area is 153 Å². The molecule has 0 aliphatic rings. The van der Waals surface area contributed by atoms with Crippen LogP contribution in [0.25, 0.3) is 0 Å². The first kappa shape index (κ1) is 23.5. The predicted molar refractivity (Wildman–Crippen MR) is 106 cm³/mol. The van der Waals surface area contributed by atoms with E-state index in [9.17, 15) is 4.79 Å². The normalized spacial score (nSPS) is 10.9. The molecule has 130 valence electrons. The Kier molecular flexibility index (Phi) is 16.1. The van der Waals surface area contributed by atoms with Crippen LogP contribution in [0, 0.1) is 0 Å². The van der Waals surface area contributed by atoms with Crippen molar-refractivity contribution in [3.63, 3.8) is 0 Å². The summed E-state index contributed by atoms with van der Waals surface area (Å²) >= 11 is 0. The van der Waals surface area contributed by atoms with E-state index in [2.05, 4.69) is 27.1 Å². The van der Waals surface area contributed by atoms with Crippen LogP contribution in [0.1, 0.15) is 46.0 Å². The largest absolute Gasteiger partial charge is 0.356 e. The highest BCUT2D eigenvalue weighted by molar-refractivity contribution is 14.0. The number of halogens is 1. The van der Waals surface area contributed by atoms with Crippen LogP contribution in [0.5, 0.6) is 0 Å². The highest BCUT2D eigenvalue weighted by Gasteiger charge is 2.07. The van der Waals surface area contributed by atoms with Crippen molar-refractivity contribution in [3.05, 3.63) is 12.7 Å². The van der Waals surface area contributed by atoms with E-state index in [1.54, 1.807) is 7.05 Å².